The van der Waals surface area contributed by atoms with E-state index < -0.39 is 11.9 Å². The fraction of sp³-hybridized carbons (Fsp3) is 0.120. The summed E-state index contributed by atoms with van der Waals surface area (Å²) in [5.41, 5.74) is 4.53. The maximum atomic E-state index is 9.10. The lowest BCUT2D eigenvalue weighted by Gasteiger charge is -2.06. The van der Waals surface area contributed by atoms with Crippen molar-refractivity contribution in [3.05, 3.63) is 89.9 Å². The van der Waals surface area contributed by atoms with Crippen molar-refractivity contribution in [2.75, 3.05) is 0 Å². The topological polar surface area (TPSA) is 105 Å². The van der Waals surface area contributed by atoms with Crippen molar-refractivity contribution >= 4 is 35.1 Å². The molecular formula is C25H23N3O4. The monoisotopic (exact) mass is 429 g/mol. The molecule has 0 spiro atoms. The minimum absolute atomic E-state index is 0.543. The molecule has 0 atom stereocenters. The van der Waals surface area contributed by atoms with E-state index >= 15 is 0 Å². The van der Waals surface area contributed by atoms with Crippen molar-refractivity contribution in [2.45, 2.75) is 19.8 Å². The second-order valence-corrected chi connectivity index (χ2v) is 7.25. The van der Waals surface area contributed by atoms with Crippen LogP contribution in [0.4, 0.5) is 0 Å². The second kappa shape index (κ2) is 10.2. The van der Waals surface area contributed by atoms with E-state index in [0.717, 1.165) is 28.2 Å². The molecule has 2 heterocycles. The van der Waals surface area contributed by atoms with Crippen molar-refractivity contribution in [2.24, 2.45) is 0 Å². The number of pyridine rings is 1. The molecule has 0 bridgehead atoms. The van der Waals surface area contributed by atoms with Gasteiger partial charge in [-0.15, -0.1) is 0 Å². The Morgan fingerprint density at radius 2 is 1.53 bits per heavy atom. The van der Waals surface area contributed by atoms with Crippen LogP contribution in [0.3, 0.4) is 0 Å². The zero-order valence-electron chi connectivity index (χ0n) is 17.7. The zero-order valence-corrected chi connectivity index (χ0v) is 17.7. The Kier molecular flexibility index (Phi) is 7.13. The number of hydrogen-bond donors (Lipinski definition) is 2. The second-order valence-electron chi connectivity index (χ2n) is 7.25. The highest BCUT2D eigenvalue weighted by atomic mass is 16.4. The van der Waals surface area contributed by atoms with Gasteiger partial charge in [0.05, 0.1) is 11.0 Å². The van der Waals surface area contributed by atoms with E-state index in [1.807, 2.05) is 42.6 Å². The molecule has 0 aliphatic heterocycles. The fourth-order valence-corrected chi connectivity index (χ4v) is 3.05. The van der Waals surface area contributed by atoms with Gasteiger partial charge in [-0.1, -0.05) is 62.4 Å². The summed E-state index contributed by atoms with van der Waals surface area (Å²) in [6.45, 7) is 4.42. The number of hydrogen-bond acceptors (Lipinski definition) is 4. The zero-order chi connectivity index (χ0) is 23.1. The highest BCUT2D eigenvalue weighted by Crippen LogP contribution is 2.22. The standard InChI is InChI=1S/C23H21N3.C2H2O4/c1-17(2)19-13-10-18(11-14-19)12-15-23-25-20-7-3-4-8-21(20)26(23)22-9-5-6-16-24-22;3-1(4)2(5)6/h3-17H,1-2H3;(H,3,4)(H,5,6). The first-order chi connectivity index (χ1) is 15.4. The van der Waals surface area contributed by atoms with Gasteiger partial charge in [-0.2, -0.15) is 0 Å². The van der Waals surface area contributed by atoms with E-state index in [9.17, 15) is 0 Å². The summed E-state index contributed by atoms with van der Waals surface area (Å²) in [6.07, 6.45) is 5.96. The average molecular weight is 429 g/mol. The molecule has 162 valence electrons. The van der Waals surface area contributed by atoms with Crippen LogP contribution in [-0.4, -0.2) is 36.7 Å². The lowest BCUT2D eigenvalue weighted by molar-refractivity contribution is -0.159. The molecule has 4 rings (SSSR count). The summed E-state index contributed by atoms with van der Waals surface area (Å²) in [5, 5.41) is 14.8. The Morgan fingerprint density at radius 1 is 0.875 bits per heavy atom. The maximum absolute atomic E-state index is 9.10. The van der Waals surface area contributed by atoms with Gasteiger partial charge >= 0.3 is 11.9 Å². The summed E-state index contributed by atoms with van der Waals surface area (Å²) in [6, 6.07) is 22.7. The number of imidazole rings is 1. The van der Waals surface area contributed by atoms with E-state index in [4.69, 9.17) is 24.8 Å². The quantitative estimate of drug-likeness (QED) is 0.449. The molecular weight excluding hydrogens is 406 g/mol. The number of aliphatic carboxylic acids is 2. The number of aromatic nitrogens is 3. The molecule has 4 aromatic rings. The first-order valence-corrected chi connectivity index (χ1v) is 10.00. The van der Waals surface area contributed by atoms with Gasteiger partial charge in [-0.05, 0) is 47.4 Å². The first kappa shape index (κ1) is 22.4. The summed E-state index contributed by atoms with van der Waals surface area (Å²) in [4.78, 5) is 27.5. The van der Waals surface area contributed by atoms with Gasteiger partial charge in [-0.3, -0.25) is 4.57 Å². The molecule has 32 heavy (non-hydrogen) atoms. The van der Waals surface area contributed by atoms with Gasteiger partial charge in [-0.25, -0.2) is 19.6 Å². The lowest BCUT2D eigenvalue weighted by Crippen LogP contribution is -2.09. The minimum atomic E-state index is -1.82. The van der Waals surface area contributed by atoms with Gasteiger partial charge in [0.15, 0.2) is 0 Å². The first-order valence-electron chi connectivity index (χ1n) is 10.00. The molecule has 0 fully saturated rings. The molecule has 0 aliphatic carbocycles. The number of fused-ring (bicyclic) bond motifs is 1. The van der Waals surface area contributed by atoms with Crippen molar-refractivity contribution < 1.29 is 19.8 Å². The van der Waals surface area contributed by atoms with Gasteiger partial charge in [0.2, 0.25) is 0 Å². The van der Waals surface area contributed by atoms with Crippen LogP contribution in [-0.2, 0) is 9.59 Å². The molecule has 0 radical (unpaired) electrons. The Morgan fingerprint density at radius 3 is 2.12 bits per heavy atom. The predicted octanol–water partition coefficient (Wildman–Crippen LogP) is 4.87. The number of benzene rings is 2. The SMILES string of the molecule is CC(C)c1ccc(C=Cc2nc3ccccc3n2-c2ccccn2)cc1.O=C(O)C(=O)O. The minimum Gasteiger partial charge on any atom is -0.473 e. The van der Waals surface area contributed by atoms with E-state index in [1.165, 1.54) is 5.56 Å². The van der Waals surface area contributed by atoms with Gasteiger partial charge in [0, 0.05) is 6.20 Å². The van der Waals surface area contributed by atoms with E-state index in [0.29, 0.717) is 5.92 Å². The summed E-state index contributed by atoms with van der Waals surface area (Å²) < 4.78 is 2.09. The van der Waals surface area contributed by atoms with Crippen molar-refractivity contribution in [3.8, 4) is 5.82 Å². The maximum Gasteiger partial charge on any atom is 0.414 e. The molecule has 0 saturated heterocycles. The number of para-hydroxylation sites is 2. The van der Waals surface area contributed by atoms with Crippen LogP contribution in [0.25, 0.3) is 29.0 Å². The molecule has 7 nitrogen and oxygen atoms in total. The van der Waals surface area contributed by atoms with E-state index in [2.05, 4.69) is 65.9 Å². The molecule has 0 aliphatic rings. The molecule has 0 saturated carbocycles. The van der Waals surface area contributed by atoms with Crippen molar-refractivity contribution in [3.63, 3.8) is 0 Å². The Bertz CT molecular complexity index is 1230. The Labute approximate surface area is 185 Å². The molecule has 0 unspecified atom stereocenters. The molecule has 2 aromatic carbocycles. The number of carboxylic acid groups (broad SMARTS) is 2. The van der Waals surface area contributed by atoms with Gasteiger partial charge in [0.1, 0.15) is 11.6 Å². The number of rotatable bonds is 4. The van der Waals surface area contributed by atoms with Gasteiger partial charge in [0.25, 0.3) is 0 Å². The van der Waals surface area contributed by atoms with E-state index in [-0.39, 0.29) is 0 Å². The average Bonchev–Trinajstić information content (AvgIpc) is 3.17. The third-order valence-corrected chi connectivity index (χ3v) is 4.68. The third kappa shape index (κ3) is 5.46. The summed E-state index contributed by atoms with van der Waals surface area (Å²) in [5.74, 6) is -1.36. The predicted molar refractivity (Wildman–Crippen MR) is 124 cm³/mol. The largest absolute Gasteiger partial charge is 0.473 e. The van der Waals surface area contributed by atoms with Crippen LogP contribution < -0.4 is 0 Å². The van der Waals surface area contributed by atoms with Crippen molar-refractivity contribution in [1.82, 2.24) is 14.5 Å². The van der Waals surface area contributed by atoms with Crippen molar-refractivity contribution in [1.29, 1.82) is 0 Å². The van der Waals surface area contributed by atoms with E-state index in [1.54, 1.807) is 0 Å². The smallest absolute Gasteiger partial charge is 0.414 e. The summed E-state index contributed by atoms with van der Waals surface area (Å²) in [7, 11) is 0. The normalized spacial score (nSPS) is 10.8. The highest BCUT2D eigenvalue weighted by Gasteiger charge is 2.10. The lowest BCUT2D eigenvalue weighted by atomic mass is 10.0. The van der Waals surface area contributed by atoms with Crippen LogP contribution in [0.2, 0.25) is 0 Å². The Balaban J connectivity index is 0.000000427. The Hall–Kier alpha value is -4.26. The fourth-order valence-electron chi connectivity index (χ4n) is 3.05. The van der Waals surface area contributed by atoms with Crippen LogP contribution >= 0.6 is 0 Å². The number of carboxylic acids is 2. The van der Waals surface area contributed by atoms with Crippen LogP contribution in [0.15, 0.2) is 72.9 Å². The highest BCUT2D eigenvalue weighted by molar-refractivity contribution is 6.27. The molecule has 0 amide bonds. The molecule has 7 heteroatoms. The molecule has 2 N–H and O–H groups in total. The van der Waals surface area contributed by atoms with Gasteiger partial charge < -0.3 is 10.2 Å². The number of nitrogens with zero attached hydrogens (tertiary/aromatic N) is 3. The van der Waals surface area contributed by atoms with Crippen LogP contribution in [0, 0.1) is 0 Å². The summed E-state index contributed by atoms with van der Waals surface area (Å²) >= 11 is 0. The van der Waals surface area contributed by atoms with Crippen LogP contribution in [0.1, 0.15) is 36.7 Å². The van der Waals surface area contributed by atoms with Crippen LogP contribution in [0.5, 0.6) is 0 Å². The third-order valence-electron chi connectivity index (χ3n) is 4.68. The number of carbonyl (C=O) groups is 2. The molecule has 2 aromatic heterocycles.